The van der Waals surface area contributed by atoms with Crippen LogP contribution < -0.4 is 0 Å². The van der Waals surface area contributed by atoms with E-state index in [0.29, 0.717) is 28.6 Å². The van der Waals surface area contributed by atoms with Crippen molar-refractivity contribution in [3.05, 3.63) is 41.6 Å². The van der Waals surface area contributed by atoms with Gasteiger partial charge in [0.1, 0.15) is 0 Å². The zero-order valence-corrected chi connectivity index (χ0v) is 13.4. The van der Waals surface area contributed by atoms with E-state index in [1.807, 2.05) is 12.1 Å². The van der Waals surface area contributed by atoms with Crippen LogP contribution >= 0.6 is 11.8 Å². The Morgan fingerprint density at radius 3 is 2.55 bits per heavy atom. The Bertz CT molecular complexity index is 749. The quantitative estimate of drug-likeness (QED) is 0.669. The molecule has 7 nitrogen and oxygen atoms in total. The third-order valence-corrected chi connectivity index (χ3v) is 4.04. The van der Waals surface area contributed by atoms with E-state index in [9.17, 15) is 0 Å². The van der Waals surface area contributed by atoms with Crippen LogP contribution in [0.3, 0.4) is 0 Å². The summed E-state index contributed by atoms with van der Waals surface area (Å²) in [5.41, 5.74) is 2.21. The molecule has 2 heterocycles. The Morgan fingerprint density at radius 2 is 1.91 bits per heavy atom. The summed E-state index contributed by atoms with van der Waals surface area (Å²) >= 11 is 1.46. The molecule has 0 aliphatic rings. The first-order chi connectivity index (χ1) is 10.6. The van der Waals surface area contributed by atoms with Crippen LogP contribution in [0.4, 0.5) is 0 Å². The highest BCUT2D eigenvalue weighted by molar-refractivity contribution is 7.98. The normalized spacial score (nSPS) is 11.3. The van der Waals surface area contributed by atoms with E-state index in [1.165, 1.54) is 17.3 Å². The van der Waals surface area contributed by atoms with Gasteiger partial charge in [-0.2, -0.15) is 4.68 Å². The van der Waals surface area contributed by atoms with Crippen molar-refractivity contribution < 1.29 is 4.42 Å². The molecule has 0 aliphatic heterocycles. The highest BCUT2D eigenvalue weighted by atomic mass is 32.2. The number of nitrogens with zero attached hydrogens (tertiary/aromatic N) is 6. The molecule has 0 unspecified atom stereocenters. The number of hydrogen-bond acceptors (Lipinski definition) is 7. The molecule has 0 fully saturated rings. The topological polar surface area (TPSA) is 82.5 Å². The average molecular weight is 316 g/mol. The van der Waals surface area contributed by atoms with E-state index in [1.54, 1.807) is 11.6 Å². The fourth-order valence-electron chi connectivity index (χ4n) is 1.95. The molecule has 22 heavy (non-hydrogen) atoms. The first-order valence-corrected chi connectivity index (χ1v) is 7.92. The number of thioether (sulfide) groups is 1. The molecule has 0 bridgehead atoms. The maximum Gasteiger partial charge on any atom is 0.226 e. The molecule has 3 aromatic rings. The van der Waals surface area contributed by atoms with Crippen LogP contribution in [-0.2, 0) is 5.75 Å². The van der Waals surface area contributed by atoms with E-state index in [4.69, 9.17) is 4.42 Å². The predicted molar refractivity (Wildman–Crippen MR) is 81.8 cm³/mol. The summed E-state index contributed by atoms with van der Waals surface area (Å²) in [6, 6.07) is 8.23. The Kier molecular flexibility index (Phi) is 4.19. The molecule has 0 amide bonds. The molecule has 0 atom stereocenters. The maximum atomic E-state index is 5.35. The van der Waals surface area contributed by atoms with Crippen LogP contribution in [0, 0.1) is 6.92 Å². The first-order valence-electron chi connectivity index (χ1n) is 6.94. The molecule has 0 radical (unpaired) electrons. The van der Waals surface area contributed by atoms with Gasteiger partial charge >= 0.3 is 0 Å². The third kappa shape index (κ3) is 3.16. The van der Waals surface area contributed by atoms with Crippen LogP contribution in [0.2, 0.25) is 0 Å². The molecule has 1 aromatic carbocycles. The van der Waals surface area contributed by atoms with E-state index in [0.717, 1.165) is 5.69 Å². The average Bonchev–Trinajstić information content (AvgIpc) is 3.14. The zero-order valence-electron chi connectivity index (χ0n) is 12.6. The minimum atomic E-state index is 0.498. The minimum Gasteiger partial charge on any atom is -0.425 e. The predicted octanol–water partition coefficient (Wildman–Crippen LogP) is 2.77. The molecule has 8 heteroatoms. The molecule has 3 rings (SSSR count). The Balaban J connectivity index is 1.76. The molecular formula is C14H16N6OS. The van der Waals surface area contributed by atoms with Gasteiger partial charge in [0.2, 0.25) is 16.9 Å². The summed E-state index contributed by atoms with van der Waals surface area (Å²) in [6.45, 7) is 6.10. The van der Waals surface area contributed by atoms with Crippen molar-refractivity contribution in [1.29, 1.82) is 0 Å². The lowest BCUT2D eigenvalue weighted by Crippen LogP contribution is -2.00. The van der Waals surface area contributed by atoms with Gasteiger partial charge in [0.15, 0.2) is 0 Å². The van der Waals surface area contributed by atoms with Crippen molar-refractivity contribution in [2.24, 2.45) is 0 Å². The van der Waals surface area contributed by atoms with Gasteiger partial charge in [-0.1, -0.05) is 37.7 Å². The smallest absolute Gasteiger partial charge is 0.226 e. The second kappa shape index (κ2) is 6.27. The lowest BCUT2D eigenvalue weighted by Gasteiger charge is -2.07. The van der Waals surface area contributed by atoms with Gasteiger partial charge in [-0.3, -0.25) is 0 Å². The van der Waals surface area contributed by atoms with Crippen molar-refractivity contribution in [3.63, 3.8) is 0 Å². The monoisotopic (exact) mass is 316 g/mol. The van der Waals surface area contributed by atoms with Gasteiger partial charge in [-0.15, -0.1) is 15.3 Å². The van der Waals surface area contributed by atoms with Crippen molar-refractivity contribution in [2.45, 2.75) is 37.6 Å². The van der Waals surface area contributed by atoms with Gasteiger partial charge in [0.05, 0.1) is 11.4 Å². The molecular weight excluding hydrogens is 300 g/mol. The van der Waals surface area contributed by atoms with Crippen LogP contribution in [0.5, 0.6) is 0 Å². The molecule has 0 N–H and O–H groups in total. The summed E-state index contributed by atoms with van der Waals surface area (Å²) in [7, 11) is 0. The molecule has 114 valence electrons. The van der Waals surface area contributed by atoms with Crippen molar-refractivity contribution in [1.82, 2.24) is 30.4 Å². The summed E-state index contributed by atoms with van der Waals surface area (Å²) in [6.07, 6.45) is 0. The summed E-state index contributed by atoms with van der Waals surface area (Å²) < 4.78 is 7.05. The Labute approximate surface area is 132 Å². The number of hydrogen-bond donors (Lipinski definition) is 0. The zero-order chi connectivity index (χ0) is 15.5. The van der Waals surface area contributed by atoms with Gasteiger partial charge < -0.3 is 4.42 Å². The fraction of sp³-hybridized carbons (Fsp3) is 0.357. The van der Waals surface area contributed by atoms with E-state index in [2.05, 4.69) is 51.7 Å². The van der Waals surface area contributed by atoms with Crippen molar-refractivity contribution in [3.8, 4) is 5.69 Å². The molecule has 0 spiro atoms. The summed E-state index contributed by atoms with van der Waals surface area (Å²) in [4.78, 5) is 0. The summed E-state index contributed by atoms with van der Waals surface area (Å²) in [5.74, 6) is 2.15. The van der Waals surface area contributed by atoms with Crippen LogP contribution in [0.1, 0.15) is 37.1 Å². The number of tetrazole rings is 1. The Hall–Kier alpha value is -2.22. The van der Waals surface area contributed by atoms with E-state index < -0.39 is 0 Å². The molecule has 0 saturated carbocycles. The highest BCUT2D eigenvalue weighted by Gasteiger charge is 2.12. The standard InChI is InChI=1S/C14H16N6OS/c1-9(2)11-4-6-12(7-5-11)20-14(17-18-19-20)22-8-13-16-15-10(3)21-13/h4-7,9H,8H2,1-3H3. The minimum absolute atomic E-state index is 0.498. The Morgan fingerprint density at radius 1 is 1.14 bits per heavy atom. The SMILES string of the molecule is Cc1nnc(CSc2nnnn2-c2ccc(C(C)C)cc2)o1. The largest absolute Gasteiger partial charge is 0.425 e. The molecule has 0 aliphatic carbocycles. The maximum absolute atomic E-state index is 5.35. The number of aryl methyl sites for hydroxylation is 1. The first kappa shape index (κ1) is 14.7. The highest BCUT2D eigenvalue weighted by Crippen LogP contribution is 2.23. The lowest BCUT2D eigenvalue weighted by atomic mass is 10.0. The van der Waals surface area contributed by atoms with Crippen LogP contribution in [0.15, 0.2) is 33.8 Å². The van der Waals surface area contributed by atoms with Crippen LogP contribution in [0.25, 0.3) is 5.69 Å². The van der Waals surface area contributed by atoms with E-state index >= 15 is 0 Å². The van der Waals surface area contributed by atoms with Gasteiger partial charge in [-0.25, -0.2) is 0 Å². The van der Waals surface area contributed by atoms with Gasteiger partial charge in [0.25, 0.3) is 0 Å². The van der Waals surface area contributed by atoms with Gasteiger partial charge in [-0.05, 0) is 34.0 Å². The molecule has 0 saturated heterocycles. The lowest BCUT2D eigenvalue weighted by molar-refractivity contribution is 0.485. The number of aromatic nitrogens is 6. The van der Waals surface area contributed by atoms with Crippen LogP contribution in [-0.4, -0.2) is 30.4 Å². The summed E-state index contributed by atoms with van der Waals surface area (Å²) in [5, 5.41) is 20.3. The second-order valence-corrected chi connectivity index (χ2v) is 6.07. The molecule has 2 aromatic heterocycles. The number of rotatable bonds is 5. The second-order valence-electron chi connectivity index (χ2n) is 5.12. The fourth-order valence-corrected chi connectivity index (χ4v) is 2.68. The third-order valence-electron chi connectivity index (χ3n) is 3.14. The number of benzene rings is 1. The van der Waals surface area contributed by atoms with E-state index in [-0.39, 0.29) is 0 Å². The van der Waals surface area contributed by atoms with Crippen molar-refractivity contribution in [2.75, 3.05) is 0 Å². The van der Waals surface area contributed by atoms with Crippen molar-refractivity contribution >= 4 is 11.8 Å². The van der Waals surface area contributed by atoms with Gasteiger partial charge in [0, 0.05) is 6.92 Å².